The number of nitrogens with one attached hydrogen (secondary N) is 1. The molecule has 7 heteroatoms. The number of carbonyl (C=O) groups is 1. The molecule has 0 atom stereocenters. The van der Waals surface area contributed by atoms with Crippen LogP contribution >= 0.6 is 0 Å². The van der Waals surface area contributed by atoms with Gasteiger partial charge in [-0.1, -0.05) is 12.1 Å². The third-order valence-electron chi connectivity index (χ3n) is 2.46. The van der Waals surface area contributed by atoms with Crippen molar-refractivity contribution < 1.29 is 4.79 Å². The van der Waals surface area contributed by atoms with Gasteiger partial charge in [-0.15, -0.1) is 5.10 Å². The van der Waals surface area contributed by atoms with Gasteiger partial charge in [-0.25, -0.2) is 9.67 Å². The minimum atomic E-state index is -0.271. The summed E-state index contributed by atoms with van der Waals surface area (Å²) in [6.45, 7) is -0.0192. The highest BCUT2D eigenvalue weighted by Crippen LogP contribution is 2.09. The van der Waals surface area contributed by atoms with Crippen molar-refractivity contribution in [3.63, 3.8) is 0 Å². The summed E-state index contributed by atoms with van der Waals surface area (Å²) in [5.74, 6) is -0.244. The average molecular weight is 266 g/mol. The molecule has 0 aliphatic carbocycles. The van der Waals surface area contributed by atoms with Crippen molar-refractivity contribution in [1.82, 2.24) is 14.8 Å². The minimum Gasteiger partial charge on any atom is -0.324 e. The Balaban J connectivity index is 1.94. The molecule has 1 aromatic carbocycles. The Bertz CT molecular complexity index is 689. The van der Waals surface area contributed by atoms with Crippen LogP contribution < -0.4 is 5.32 Å². The van der Waals surface area contributed by atoms with Crippen LogP contribution in [0.25, 0.3) is 0 Å². The molecule has 0 saturated heterocycles. The third kappa shape index (κ3) is 3.40. The Morgan fingerprint density at radius 3 is 2.65 bits per heavy atom. The Morgan fingerprint density at radius 1 is 1.30 bits per heavy atom. The van der Waals surface area contributed by atoms with Crippen LogP contribution in [0.3, 0.4) is 0 Å². The zero-order chi connectivity index (χ0) is 14.4. The summed E-state index contributed by atoms with van der Waals surface area (Å²) in [5, 5.41) is 23.6. The summed E-state index contributed by atoms with van der Waals surface area (Å²) in [6.07, 6.45) is 1.66. The molecule has 1 heterocycles. The summed E-state index contributed by atoms with van der Waals surface area (Å²) in [7, 11) is 0. The molecule has 0 spiro atoms. The van der Waals surface area contributed by atoms with Gasteiger partial charge in [-0.05, 0) is 17.7 Å². The van der Waals surface area contributed by atoms with E-state index in [-0.39, 0.29) is 18.3 Å². The molecule has 0 aliphatic rings. The monoisotopic (exact) mass is 266 g/mol. The number of hydrogen-bond donors (Lipinski definition) is 1. The lowest BCUT2D eigenvalue weighted by atomic mass is 10.1. The summed E-state index contributed by atoms with van der Waals surface area (Å²) in [4.78, 5) is 15.5. The van der Waals surface area contributed by atoms with Crippen LogP contribution in [0.5, 0.6) is 0 Å². The van der Waals surface area contributed by atoms with Gasteiger partial charge in [-0.2, -0.15) is 10.5 Å². The van der Waals surface area contributed by atoms with Crippen molar-refractivity contribution in [2.45, 2.75) is 13.0 Å². The van der Waals surface area contributed by atoms with Gasteiger partial charge in [0.15, 0.2) is 0 Å². The number of amides is 1. The molecule has 0 saturated carbocycles. The topological polar surface area (TPSA) is 107 Å². The molecule has 0 fully saturated rings. The first-order chi connectivity index (χ1) is 9.71. The number of nitriles is 2. The second-order valence-electron chi connectivity index (χ2n) is 3.96. The van der Waals surface area contributed by atoms with E-state index in [1.54, 1.807) is 30.3 Å². The molecule has 0 radical (unpaired) electrons. The lowest BCUT2D eigenvalue weighted by Crippen LogP contribution is -2.19. The Labute approximate surface area is 115 Å². The lowest BCUT2D eigenvalue weighted by Gasteiger charge is -2.05. The van der Waals surface area contributed by atoms with E-state index >= 15 is 0 Å². The van der Waals surface area contributed by atoms with E-state index in [2.05, 4.69) is 21.5 Å². The van der Waals surface area contributed by atoms with Crippen LogP contribution in [0.4, 0.5) is 5.69 Å². The molecule has 20 heavy (non-hydrogen) atoms. The van der Waals surface area contributed by atoms with Crippen molar-refractivity contribution >= 4 is 11.6 Å². The first kappa shape index (κ1) is 13.2. The number of anilines is 1. The molecule has 2 aromatic rings. The Morgan fingerprint density at radius 2 is 2.05 bits per heavy atom. The predicted octanol–water partition coefficient (Wildman–Crippen LogP) is 0.855. The molecule has 0 unspecified atom stereocenters. The summed E-state index contributed by atoms with van der Waals surface area (Å²) in [5.41, 5.74) is 1.53. The summed E-state index contributed by atoms with van der Waals surface area (Å²) < 4.78 is 1.29. The maximum atomic E-state index is 11.8. The van der Waals surface area contributed by atoms with E-state index in [1.165, 1.54) is 11.0 Å². The molecule has 98 valence electrons. The maximum Gasteiger partial charge on any atom is 0.252 e. The van der Waals surface area contributed by atoms with Crippen molar-refractivity contribution in [2.75, 3.05) is 5.32 Å². The molecule has 0 aliphatic heterocycles. The highest BCUT2D eigenvalue weighted by molar-refractivity contribution is 5.90. The number of carbonyl (C=O) groups excluding carboxylic acids is 1. The van der Waals surface area contributed by atoms with Crippen molar-refractivity contribution in [2.24, 2.45) is 0 Å². The summed E-state index contributed by atoms with van der Waals surface area (Å²) >= 11 is 0. The average Bonchev–Trinajstić information content (AvgIpc) is 2.89. The molecular weight excluding hydrogens is 256 g/mol. The van der Waals surface area contributed by atoms with Crippen LogP contribution in [0.15, 0.2) is 30.6 Å². The molecule has 7 nitrogen and oxygen atoms in total. The second-order valence-corrected chi connectivity index (χ2v) is 3.96. The fourth-order valence-electron chi connectivity index (χ4n) is 1.57. The van der Waals surface area contributed by atoms with Gasteiger partial charge in [0.1, 0.15) is 18.9 Å². The van der Waals surface area contributed by atoms with Crippen molar-refractivity contribution in [3.8, 4) is 12.1 Å². The largest absolute Gasteiger partial charge is 0.324 e. The van der Waals surface area contributed by atoms with E-state index in [0.29, 0.717) is 12.1 Å². The van der Waals surface area contributed by atoms with Gasteiger partial charge in [0, 0.05) is 5.69 Å². The van der Waals surface area contributed by atoms with E-state index in [4.69, 9.17) is 10.5 Å². The highest BCUT2D eigenvalue weighted by atomic mass is 16.2. The van der Waals surface area contributed by atoms with Crippen LogP contribution in [0, 0.1) is 22.7 Å². The first-order valence-corrected chi connectivity index (χ1v) is 5.76. The number of nitrogens with zero attached hydrogens (tertiary/aromatic N) is 5. The normalized spacial score (nSPS) is 9.50. The molecule has 1 aromatic heterocycles. The molecular formula is C13H10N6O. The number of benzene rings is 1. The highest BCUT2D eigenvalue weighted by Gasteiger charge is 2.06. The Kier molecular flexibility index (Phi) is 4.05. The van der Waals surface area contributed by atoms with E-state index in [9.17, 15) is 4.79 Å². The SMILES string of the molecule is N#CCc1ccc(NC(=O)Cn2cnc(C#N)n2)cc1. The Hall–Kier alpha value is -3.19. The maximum absolute atomic E-state index is 11.8. The van der Waals surface area contributed by atoms with Gasteiger partial charge in [0.05, 0.1) is 12.5 Å². The van der Waals surface area contributed by atoms with Crippen molar-refractivity contribution in [3.05, 3.63) is 42.0 Å². The molecule has 0 bridgehead atoms. The van der Waals surface area contributed by atoms with E-state index in [1.807, 2.05) is 0 Å². The van der Waals surface area contributed by atoms with Crippen LogP contribution in [0.2, 0.25) is 0 Å². The zero-order valence-electron chi connectivity index (χ0n) is 10.4. The fourth-order valence-corrected chi connectivity index (χ4v) is 1.57. The standard InChI is InChI=1S/C13H10N6O/c14-6-5-10-1-3-11(4-2-10)17-13(20)8-19-9-16-12(7-15)18-19/h1-4,9H,5,8H2,(H,17,20). The van der Waals surface area contributed by atoms with Crippen LogP contribution in [-0.4, -0.2) is 20.7 Å². The van der Waals surface area contributed by atoms with Gasteiger partial charge >= 0.3 is 0 Å². The van der Waals surface area contributed by atoms with E-state index in [0.717, 1.165) is 5.56 Å². The first-order valence-electron chi connectivity index (χ1n) is 5.76. The number of rotatable bonds is 4. The van der Waals surface area contributed by atoms with Crippen LogP contribution in [0.1, 0.15) is 11.4 Å². The fraction of sp³-hybridized carbons (Fsp3) is 0.154. The third-order valence-corrected chi connectivity index (χ3v) is 2.46. The summed E-state index contributed by atoms with van der Waals surface area (Å²) in [6, 6.07) is 10.9. The van der Waals surface area contributed by atoms with Gasteiger partial charge in [-0.3, -0.25) is 4.79 Å². The minimum absolute atomic E-state index is 0.0192. The smallest absolute Gasteiger partial charge is 0.252 e. The lowest BCUT2D eigenvalue weighted by molar-refractivity contribution is -0.116. The van der Waals surface area contributed by atoms with Crippen LogP contribution in [-0.2, 0) is 17.8 Å². The molecule has 1 N–H and O–H groups in total. The van der Waals surface area contributed by atoms with Gasteiger partial charge < -0.3 is 5.32 Å². The molecule has 2 rings (SSSR count). The van der Waals surface area contributed by atoms with Crippen molar-refractivity contribution in [1.29, 1.82) is 10.5 Å². The molecule has 1 amide bonds. The zero-order valence-corrected chi connectivity index (χ0v) is 10.4. The second kappa shape index (κ2) is 6.12. The van der Waals surface area contributed by atoms with Gasteiger partial charge in [0.25, 0.3) is 5.82 Å². The van der Waals surface area contributed by atoms with Gasteiger partial charge in [0.2, 0.25) is 5.91 Å². The number of hydrogen-bond acceptors (Lipinski definition) is 5. The number of aromatic nitrogens is 3. The quantitative estimate of drug-likeness (QED) is 0.882. The van der Waals surface area contributed by atoms with E-state index < -0.39 is 0 Å². The predicted molar refractivity (Wildman–Crippen MR) is 69.1 cm³/mol.